The summed E-state index contributed by atoms with van der Waals surface area (Å²) in [6.07, 6.45) is -0.00918. The fourth-order valence-electron chi connectivity index (χ4n) is 3.56. The second-order valence-corrected chi connectivity index (χ2v) is 9.54. The highest BCUT2D eigenvalue weighted by Crippen LogP contribution is 2.21. The average molecular weight is 461 g/mol. The number of hydrogen-bond acceptors (Lipinski definition) is 6. The monoisotopic (exact) mass is 460 g/mol. The quantitative estimate of drug-likeness (QED) is 0.564. The van der Waals surface area contributed by atoms with Crippen LogP contribution in [0.25, 0.3) is 0 Å². The molecule has 2 aromatic carbocycles. The maximum atomic E-state index is 10.6. The number of ether oxygens (including phenoxy) is 2. The normalized spacial score (nSPS) is 17.2. The molecule has 3 rings (SSSR count). The fourth-order valence-corrected chi connectivity index (χ4v) is 3.68. The average Bonchev–Trinajstić information content (AvgIpc) is 3.21. The Hall–Kier alpha value is -2.12. The third-order valence-corrected chi connectivity index (χ3v) is 5.34. The zero-order valence-electron chi connectivity index (χ0n) is 19.3. The lowest BCUT2D eigenvalue weighted by molar-refractivity contribution is -0.0600. The minimum absolute atomic E-state index is 0.0954. The second kappa shape index (κ2) is 11.1. The predicted molar refractivity (Wildman–Crippen MR) is 127 cm³/mol. The first-order valence-electron chi connectivity index (χ1n) is 10.9. The van der Waals surface area contributed by atoms with Gasteiger partial charge in [-0.05, 0) is 56.2 Å². The van der Waals surface area contributed by atoms with Crippen molar-refractivity contribution in [3.63, 3.8) is 0 Å². The molecule has 174 valence electrons. The molecule has 0 saturated heterocycles. The van der Waals surface area contributed by atoms with Gasteiger partial charge in [0.25, 0.3) is 0 Å². The van der Waals surface area contributed by atoms with Crippen LogP contribution in [0.4, 0.5) is 0 Å². The molecule has 0 radical (unpaired) electrons. The van der Waals surface area contributed by atoms with Crippen LogP contribution in [-0.4, -0.2) is 60.3 Å². The van der Waals surface area contributed by atoms with Crippen LogP contribution in [0.1, 0.15) is 38.3 Å². The van der Waals surface area contributed by atoms with E-state index in [1.165, 1.54) is 0 Å². The highest BCUT2D eigenvalue weighted by Gasteiger charge is 2.26. The van der Waals surface area contributed by atoms with Gasteiger partial charge in [0.05, 0.1) is 31.1 Å². The first kappa shape index (κ1) is 24.5. The Morgan fingerprint density at radius 1 is 1.22 bits per heavy atom. The number of aliphatic hydroxyl groups is 1. The van der Waals surface area contributed by atoms with Crippen LogP contribution in [0.15, 0.2) is 53.7 Å². The molecule has 0 fully saturated rings. The van der Waals surface area contributed by atoms with Crippen molar-refractivity contribution < 1.29 is 19.4 Å². The van der Waals surface area contributed by atoms with E-state index in [4.69, 9.17) is 25.9 Å². The molecule has 0 aromatic heterocycles. The summed E-state index contributed by atoms with van der Waals surface area (Å²) in [7, 11) is 1.66. The zero-order valence-corrected chi connectivity index (χ0v) is 20.0. The molecule has 1 N–H and O–H groups in total. The Balaban J connectivity index is 1.64. The summed E-state index contributed by atoms with van der Waals surface area (Å²) in [5, 5.41) is 15.6. The SMILES string of the molecule is COc1cccc(CN(CC(O)COC(C)(C)C)CC2CC(c3ccc(Cl)cc3)=NO2)c1. The number of nitrogens with zero attached hydrogens (tertiary/aromatic N) is 2. The third-order valence-electron chi connectivity index (χ3n) is 5.09. The number of benzene rings is 2. The minimum atomic E-state index is -0.613. The van der Waals surface area contributed by atoms with E-state index >= 15 is 0 Å². The van der Waals surface area contributed by atoms with Gasteiger partial charge in [0.15, 0.2) is 0 Å². The van der Waals surface area contributed by atoms with Crippen molar-refractivity contribution in [2.45, 2.75) is 51.5 Å². The molecule has 32 heavy (non-hydrogen) atoms. The van der Waals surface area contributed by atoms with Crippen LogP contribution < -0.4 is 4.74 Å². The number of oxime groups is 1. The summed E-state index contributed by atoms with van der Waals surface area (Å²) < 4.78 is 11.1. The molecule has 2 unspecified atom stereocenters. The van der Waals surface area contributed by atoms with E-state index in [1.54, 1.807) is 7.11 Å². The lowest BCUT2D eigenvalue weighted by atomic mass is 10.0. The van der Waals surface area contributed by atoms with Crippen LogP contribution in [0.2, 0.25) is 5.02 Å². The number of aliphatic hydroxyl groups excluding tert-OH is 1. The van der Waals surface area contributed by atoms with E-state index in [1.807, 2.05) is 63.2 Å². The number of halogens is 1. The Bertz CT molecular complexity index is 896. The van der Waals surface area contributed by atoms with Gasteiger partial charge in [-0.25, -0.2) is 0 Å². The molecule has 1 aliphatic heterocycles. The van der Waals surface area contributed by atoms with Gasteiger partial charge in [-0.1, -0.05) is 41.0 Å². The Labute approximate surface area is 195 Å². The van der Waals surface area contributed by atoms with Gasteiger partial charge >= 0.3 is 0 Å². The molecule has 6 nitrogen and oxygen atoms in total. The van der Waals surface area contributed by atoms with Gasteiger partial charge in [0.2, 0.25) is 0 Å². The fraction of sp³-hybridized carbons (Fsp3) is 0.480. The molecular weight excluding hydrogens is 428 g/mol. The van der Waals surface area contributed by atoms with Crippen LogP contribution in [-0.2, 0) is 16.1 Å². The summed E-state index contributed by atoms with van der Waals surface area (Å²) in [4.78, 5) is 7.91. The third kappa shape index (κ3) is 7.78. The summed E-state index contributed by atoms with van der Waals surface area (Å²) in [6.45, 7) is 7.96. The van der Waals surface area contributed by atoms with Gasteiger partial charge in [-0.3, -0.25) is 4.90 Å². The molecular formula is C25H33ClN2O4. The van der Waals surface area contributed by atoms with Crippen molar-refractivity contribution in [1.82, 2.24) is 4.90 Å². The van der Waals surface area contributed by atoms with E-state index in [9.17, 15) is 5.11 Å². The Kier molecular flexibility index (Phi) is 8.54. The van der Waals surface area contributed by atoms with Crippen molar-refractivity contribution in [2.24, 2.45) is 5.16 Å². The molecule has 0 spiro atoms. The van der Waals surface area contributed by atoms with Gasteiger partial charge in [-0.2, -0.15) is 0 Å². The Morgan fingerprint density at radius 3 is 2.66 bits per heavy atom. The molecule has 1 heterocycles. The summed E-state index contributed by atoms with van der Waals surface area (Å²) in [5.74, 6) is 0.810. The maximum absolute atomic E-state index is 10.6. The van der Waals surface area contributed by atoms with Gasteiger partial charge in [0, 0.05) is 31.1 Å². The van der Waals surface area contributed by atoms with Crippen molar-refractivity contribution in [2.75, 3.05) is 26.8 Å². The molecule has 2 aromatic rings. The van der Waals surface area contributed by atoms with E-state index in [2.05, 4.69) is 16.1 Å². The zero-order chi connectivity index (χ0) is 23.1. The second-order valence-electron chi connectivity index (χ2n) is 9.10. The molecule has 0 bridgehead atoms. The summed E-state index contributed by atoms with van der Waals surface area (Å²) in [6, 6.07) is 15.6. The van der Waals surface area contributed by atoms with Gasteiger partial charge < -0.3 is 19.4 Å². The molecule has 2 atom stereocenters. The predicted octanol–water partition coefficient (Wildman–Crippen LogP) is 4.52. The van der Waals surface area contributed by atoms with E-state index in [0.717, 1.165) is 22.6 Å². The minimum Gasteiger partial charge on any atom is -0.497 e. The molecule has 0 aliphatic carbocycles. The van der Waals surface area contributed by atoms with E-state index < -0.39 is 6.10 Å². The first-order valence-corrected chi connectivity index (χ1v) is 11.3. The maximum Gasteiger partial charge on any atom is 0.145 e. The van der Waals surface area contributed by atoms with Gasteiger partial charge in [0.1, 0.15) is 11.9 Å². The van der Waals surface area contributed by atoms with Crippen LogP contribution in [0, 0.1) is 0 Å². The van der Waals surface area contributed by atoms with Crippen LogP contribution in [0.3, 0.4) is 0 Å². The van der Waals surface area contributed by atoms with Crippen LogP contribution >= 0.6 is 11.6 Å². The molecule has 7 heteroatoms. The first-order chi connectivity index (χ1) is 15.2. The summed E-state index contributed by atoms with van der Waals surface area (Å²) >= 11 is 6.00. The van der Waals surface area contributed by atoms with Crippen molar-refractivity contribution in [1.29, 1.82) is 0 Å². The smallest absolute Gasteiger partial charge is 0.145 e. The van der Waals surface area contributed by atoms with Gasteiger partial charge in [-0.15, -0.1) is 0 Å². The standard InChI is InChI=1S/C25H33ClN2O4/c1-25(2,3)31-17-21(29)15-28(14-18-6-5-7-22(12-18)30-4)16-23-13-24(27-32-23)19-8-10-20(26)11-9-19/h5-12,21,23,29H,13-17H2,1-4H3. The van der Waals surface area contributed by atoms with Crippen molar-refractivity contribution >= 4 is 17.3 Å². The summed E-state index contributed by atoms with van der Waals surface area (Å²) in [5.41, 5.74) is 2.72. The van der Waals surface area contributed by atoms with Crippen LogP contribution in [0.5, 0.6) is 5.75 Å². The topological polar surface area (TPSA) is 63.5 Å². The number of rotatable bonds is 10. The number of methoxy groups -OCH3 is 1. The molecule has 0 saturated carbocycles. The number of hydrogen-bond donors (Lipinski definition) is 1. The van der Waals surface area contributed by atoms with E-state index in [0.29, 0.717) is 31.1 Å². The molecule has 0 amide bonds. The lowest BCUT2D eigenvalue weighted by Gasteiger charge is -2.28. The Morgan fingerprint density at radius 2 is 1.97 bits per heavy atom. The lowest BCUT2D eigenvalue weighted by Crippen LogP contribution is -2.40. The van der Waals surface area contributed by atoms with Crippen molar-refractivity contribution in [3.05, 3.63) is 64.7 Å². The molecule has 1 aliphatic rings. The largest absolute Gasteiger partial charge is 0.497 e. The highest BCUT2D eigenvalue weighted by molar-refractivity contribution is 6.30. The van der Waals surface area contributed by atoms with Crippen molar-refractivity contribution in [3.8, 4) is 5.75 Å². The van der Waals surface area contributed by atoms with E-state index in [-0.39, 0.29) is 18.3 Å². The highest BCUT2D eigenvalue weighted by atomic mass is 35.5.